The van der Waals surface area contributed by atoms with E-state index in [-0.39, 0.29) is 12.3 Å². The molecule has 170 valence electrons. The third-order valence-corrected chi connectivity index (χ3v) is 5.99. The Hall–Kier alpha value is -2.07. The maximum Gasteiger partial charge on any atom is 0.331 e. The SMILES string of the molecule is CCCCN1C(=O)N(c2ccc(F)cc2)C(=O)C[C@H]1C1OC2OC(C)(C)OC2[C@H]1OC. The van der Waals surface area contributed by atoms with Gasteiger partial charge in [0.25, 0.3) is 0 Å². The number of urea groups is 1. The second kappa shape index (κ2) is 8.46. The van der Waals surface area contributed by atoms with Crippen molar-refractivity contribution < 1.29 is 32.9 Å². The molecule has 31 heavy (non-hydrogen) atoms. The van der Waals surface area contributed by atoms with Crippen molar-refractivity contribution in [1.82, 2.24) is 4.90 Å². The number of ether oxygens (including phenoxy) is 4. The molecule has 8 nitrogen and oxygen atoms in total. The van der Waals surface area contributed by atoms with E-state index in [9.17, 15) is 14.0 Å². The Morgan fingerprint density at radius 1 is 1.16 bits per heavy atom. The molecule has 5 atom stereocenters. The molecule has 1 aromatic carbocycles. The molecule has 3 heterocycles. The summed E-state index contributed by atoms with van der Waals surface area (Å²) in [6, 6.07) is 4.37. The molecule has 9 heteroatoms. The van der Waals surface area contributed by atoms with E-state index in [2.05, 4.69) is 0 Å². The van der Waals surface area contributed by atoms with Crippen LogP contribution in [0.1, 0.15) is 40.0 Å². The minimum absolute atomic E-state index is 0.0557. The second-order valence-corrected chi connectivity index (χ2v) is 8.58. The molecule has 0 radical (unpaired) electrons. The van der Waals surface area contributed by atoms with Crippen LogP contribution in [0.2, 0.25) is 0 Å². The van der Waals surface area contributed by atoms with Crippen molar-refractivity contribution in [2.24, 2.45) is 0 Å². The lowest BCUT2D eigenvalue weighted by atomic mass is 9.96. The minimum Gasteiger partial charge on any atom is -0.376 e. The van der Waals surface area contributed by atoms with Gasteiger partial charge >= 0.3 is 6.03 Å². The summed E-state index contributed by atoms with van der Waals surface area (Å²) in [5.41, 5.74) is 0.345. The van der Waals surface area contributed by atoms with Crippen molar-refractivity contribution in [1.29, 1.82) is 0 Å². The van der Waals surface area contributed by atoms with Gasteiger partial charge in [-0.3, -0.25) is 4.79 Å². The highest BCUT2D eigenvalue weighted by Gasteiger charge is 2.59. The number of hydrogen-bond acceptors (Lipinski definition) is 6. The van der Waals surface area contributed by atoms with Crippen LogP contribution in [0.5, 0.6) is 0 Å². The van der Waals surface area contributed by atoms with Crippen molar-refractivity contribution in [2.75, 3.05) is 18.6 Å². The molecular weight excluding hydrogens is 407 g/mol. The molecule has 0 bridgehead atoms. The molecule has 3 amide bonds. The first-order valence-electron chi connectivity index (χ1n) is 10.7. The zero-order valence-electron chi connectivity index (χ0n) is 18.2. The first-order valence-corrected chi connectivity index (χ1v) is 10.7. The summed E-state index contributed by atoms with van der Waals surface area (Å²) in [5.74, 6) is -1.60. The highest BCUT2D eigenvalue weighted by Crippen LogP contribution is 2.41. The second-order valence-electron chi connectivity index (χ2n) is 8.58. The van der Waals surface area contributed by atoms with Crippen LogP contribution in [0.3, 0.4) is 0 Å². The number of nitrogens with zero attached hydrogens (tertiary/aromatic N) is 2. The van der Waals surface area contributed by atoms with Crippen LogP contribution in [-0.2, 0) is 23.7 Å². The van der Waals surface area contributed by atoms with Crippen LogP contribution in [0.15, 0.2) is 24.3 Å². The van der Waals surface area contributed by atoms with E-state index < -0.39 is 48.3 Å². The number of anilines is 1. The molecule has 0 aliphatic carbocycles. The lowest BCUT2D eigenvalue weighted by Gasteiger charge is -2.43. The minimum atomic E-state index is -0.795. The van der Waals surface area contributed by atoms with Crippen molar-refractivity contribution in [2.45, 2.75) is 76.5 Å². The standard InChI is InChI=1S/C22H29FN2O6/c1-5-6-11-24-15(17-18(28-4)19-20(29-17)31-22(2,3)30-19)12-16(26)25(21(24)27)14-9-7-13(23)8-10-14/h7-10,15,17-20H,5-6,11-12H2,1-4H3/t15-,17?,18-,19?,20?/m0/s1. The maximum atomic E-state index is 13.4. The first-order chi connectivity index (χ1) is 14.8. The zero-order valence-corrected chi connectivity index (χ0v) is 18.2. The molecule has 3 saturated heterocycles. The average molecular weight is 436 g/mol. The largest absolute Gasteiger partial charge is 0.376 e. The first kappa shape index (κ1) is 22.1. The fourth-order valence-corrected chi connectivity index (χ4v) is 4.57. The summed E-state index contributed by atoms with van der Waals surface area (Å²) < 4.78 is 37.0. The Balaban J connectivity index is 1.61. The van der Waals surface area contributed by atoms with E-state index in [4.69, 9.17) is 18.9 Å². The number of hydrogen-bond donors (Lipinski definition) is 0. The quantitative estimate of drug-likeness (QED) is 0.682. The number of carbonyl (C=O) groups excluding carboxylic acids is 2. The number of imide groups is 1. The smallest absolute Gasteiger partial charge is 0.331 e. The van der Waals surface area contributed by atoms with Gasteiger partial charge in [-0.05, 0) is 44.5 Å². The Labute approximate surface area is 181 Å². The molecule has 0 aromatic heterocycles. The molecule has 3 fully saturated rings. The molecule has 1 aromatic rings. The van der Waals surface area contributed by atoms with Gasteiger partial charge < -0.3 is 23.8 Å². The highest BCUT2D eigenvalue weighted by atomic mass is 19.1. The monoisotopic (exact) mass is 436 g/mol. The Bertz CT molecular complexity index is 832. The van der Waals surface area contributed by atoms with Gasteiger partial charge in [-0.15, -0.1) is 0 Å². The van der Waals surface area contributed by atoms with E-state index in [0.717, 1.165) is 17.7 Å². The van der Waals surface area contributed by atoms with Crippen LogP contribution in [0.4, 0.5) is 14.9 Å². The van der Waals surface area contributed by atoms with E-state index in [1.807, 2.05) is 6.92 Å². The lowest BCUT2D eigenvalue weighted by molar-refractivity contribution is -0.223. The Morgan fingerprint density at radius 2 is 1.87 bits per heavy atom. The number of amides is 3. The highest BCUT2D eigenvalue weighted by molar-refractivity contribution is 6.16. The van der Waals surface area contributed by atoms with Gasteiger partial charge in [0.05, 0.1) is 18.2 Å². The topological polar surface area (TPSA) is 77.5 Å². The summed E-state index contributed by atoms with van der Waals surface area (Å²) in [6.45, 7) is 6.10. The van der Waals surface area contributed by atoms with Gasteiger partial charge in [0.2, 0.25) is 5.91 Å². The molecule has 0 spiro atoms. The molecule has 0 saturated carbocycles. The number of carbonyl (C=O) groups is 2. The molecular formula is C22H29FN2O6. The van der Waals surface area contributed by atoms with Gasteiger partial charge in [-0.1, -0.05) is 13.3 Å². The predicted molar refractivity (Wildman–Crippen MR) is 109 cm³/mol. The summed E-state index contributed by atoms with van der Waals surface area (Å²) >= 11 is 0. The van der Waals surface area contributed by atoms with Crippen molar-refractivity contribution in [3.63, 3.8) is 0 Å². The van der Waals surface area contributed by atoms with Crippen LogP contribution in [0, 0.1) is 5.82 Å². The van der Waals surface area contributed by atoms with E-state index in [1.54, 1.807) is 25.9 Å². The normalized spacial score (nSPS) is 32.6. The van der Waals surface area contributed by atoms with Crippen LogP contribution < -0.4 is 4.90 Å². The fourth-order valence-electron chi connectivity index (χ4n) is 4.57. The predicted octanol–water partition coefficient (Wildman–Crippen LogP) is 3.04. The number of methoxy groups -OCH3 is 1. The summed E-state index contributed by atoms with van der Waals surface area (Å²) in [4.78, 5) is 29.2. The number of rotatable bonds is 6. The van der Waals surface area contributed by atoms with E-state index in [1.165, 1.54) is 24.3 Å². The Kier molecular flexibility index (Phi) is 6.04. The molecule has 0 N–H and O–H groups in total. The van der Waals surface area contributed by atoms with Gasteiger partial charge in [0.1, 0.15) is 24.1 Å². The van der Waals surface area contributed by atoms with Crippen molar-refractivity contribution in [3.05, 3.63) is 30.1 Å². The number of benzene rings is 1. The van der Waals surface area contributed by atoms with Gasteiger partial charge in [0, 0.05) is 13.7 Å². The van der Waals surface area contributed by atoms with Crippen LogP contribution in [-0.4, -0.2) is 66.9 Å². The molecule has 3 unspecified atom stereocenters. The van der Waals surface area contributed by atoms with Crippen LogP contribution in [0.25, 0.3) is 0 Å². The summed E-state index contributed by atoms with van der Waals surface area (Å²) in [5, 5.41) is 0. The number of fused-ring (bicyclic) bond motifs is 1. The van der Waals surface area contributed by atoms with Crippen LogP contribution >= 0.6 is 0 Å². The number of halogens is 1. The molecule has 3 aliphatic heterocycles. The third-order valence-electron chi connectivity index (χ3n) is 5.99. The van der Waals surface area contributed by atoms with Gasteiger partial charge in [0.15, 0.2) is 12.1 Å². The molecule has 3 aliphatic rings. The number of unbranched alkanes of at least 4 members (excludes halogenated alkanes) is 1. The van der Waals surface area contributed by atoms with E-state index >= 15 is 0 Å². The van der Waals surface area contributed by atoms with Crippen molar-refractivity contribution in [3.8, 4) is 0 Å². The maximum absolute atomic E-state index is 13.4. The zero-order chi connectivity index (χ0) is 22.3. The van der Waals surface area contributed by atoms with Crippen molar-refractivity contribution >= 4 is 17.6 Å². The van der Waals surface area contributed by atoms with E-state index in [0.29, 0.717) is 12.2 Å². The fraction of sp³-hybridized carbons (Fsp3) is 0.636. The third kappa shape index (κ3) is 4.07. The molecule has 4 rings (SSSR count). The van der Waals surface area contributed by atoms with Gasteiger partial charge in [-0.25, -0.2) is 14.1 Å². The lowest BCUT2D eigenvalue weighted by Crippen LogP contribution is -2.62. The average Bonchev–Trinajstić information content (AvgIpc) is 3.19. The Morgan fingerprint density at radius 3 is 2.52 bits per heavy atom. The summed E-state index contributed by atoms with van der Waals surface area (Å²) in [6.07, 6.45) is -0.427. The van der Waals surface area contributed by atoms with Gasteiger partial charge in [-0.2, -0.15) is 0 Å². The summed E-state index contributed by atoms with van der Waals surface area (Å²) in [7, 11) is 1.56.